The van der Waals surface area contributed by atoms with E-state index in [1.54, 1.807) is 6.92 Å². The second kappa shape index (κ2) is 6.52. The van der Waals surface area contributed by atoms with Gasteiger partial charge in [0.05, 0.1) is 15.5 Å². The maximum atomic E-state index is 12.2. The number of carbonyl (C=O) groups is 1. The minimum Gasteiger partial charge on any atom is -0.322 e. The summed E-state index contributed by atoms with van der Waals surface area (Å²) in [7, 11) is 0. The highest BCUT2D eigenvalue weighted by atomic mass is 35.5. The molecule has 1 amide bonds. The van der Waals surface area contributed by atoms with Gasteiger partial charge in [-0.2, -0.15) is 0 Å². The molecule has 0 saturated carbocycles. The predicted octanol–water partition coefficient (Wildman–Crippen LogP) is 5.12. The second-order valence-electron chi connectivity index (χ2n) is 4.45. The van der Waals surface area contributed by atoms with Crippen molar-refractivity contribution < 1.29 is 9.72 Å². The Hall–Kier alpha value is -1.82. The summed E-state index contributed by atoms with van der Waals surface area (Å²) in [6.45, 7) is 1.63. The van der Waals surface area contributed by atoms with E-state index in [1.807, 2.05) is 0 Å². The van der Waals surface area contributed by atoms with Crippen LogP contribution in [0.15, 0.2) is 30.3 Å². The van der Waals surface area contributed by atoms with Gasteiger partial charge >= 0.3 is 0 Å². The number of benzene rings is 2. The lowest BCUT2D eigenvalue weighted by atomic mass is 10.1. The normalized spacial score (nSPS) is 10.4. The van der Waals surface area contributed by atoms with Crippen LogP contribution in [-0.4, -0.2) is 10.8 Å². The van der Waals surface area contributed by atoms with Crippen molar-refractivity contribution in [1.29, 1.82) is 0 Å². The van der Waals surface area contributed by atoms with E-state index in [4.69, 9.17) is 34.8 Å². The van der Waals surface area contributed by atoms with Gasteiger partial charge in [0, 0.05) is 16.8 Å². The number of hydrogen-bond acceptors (Lipinski definition) is 3. The molecule has 0 saturated heterocycles. The number of aryl methyl sites for hydroxylation is 1. The van der Waals surface area contributed by atoms with Crippen molar-refractivity contribution in [3.8, 4) is 0 Å². The minimum absolute atomic E-state index is 0.0619. The fraction of sp³-hybridized carbons (Fsp3) is 0.0714. The molecule has 0 radical (unpaired) electrons. The quantitative estimate of drug-likeness (QED) is 0.611. The zero-order chi connectivity index (χ0) is 16.4. The van der Waals surface area contributed by atoms with Crippen molar-refractivity contribution in [3.05, 3.63) is 66.6 Å². The van der Waals surface area contributed by atoms with Crippen LogP contribution >= 0.6 is 34.8 Å². The average Bonchev–Trinajstić information content (AvgIpc) is 2.41. The van der Waals surface area contributed by atoms with Crippen LogP contribution in [-0.2, 0) is 0 Å². The average molecular weight is 360 g/mol. The van der Waals surface area contributed by atoms with Gasteiger partial charge in [-0.1, -0.05) is 34.8 Å². The molecule has 0 bridgehead atoms. The van der Waals surface area contributed by atoms with Crippen molar-refractivity contribution >= 4 is 52.1 Å². The van der Waals surface area contributed by atoms with Gasteiger partial charge in [0.25, 0.3) is 11.6 Å². The van der Waals surface area contributed by atoms with E-state index < -0.39 is 10.8 Å². The number of hydrogen-bond donors (Lipinski definition) is 1. The van der Waals surface area contributed by atoms with Gasteiger partial charge in [-0.05, 0) is 36.8 Å². The zero-order valence-corrected chi connectivity index (χ0v) is 13.5. The molecule has 8 heteroatoms. The van der Waals surface area contributed by atoms with Crippen molar-refractivity contribution in [1.82, 2.24) is 0 Å². The maximum absolute atomic E-state index is 12.2. The summed E-state index contributed by atoms with van der Waals surface area (Å²) in [5.74, 6) is -0.463. The number of rotatable bonds is 3. The number of nitro groups is 1. The summed E-state index contributed by atoms with van der Waals surface area (Å²) in [5, 5.41) is 14.0. The first-order chi connectivity index (χ1) is 10.3. The number of carbonyl (C=O) groups excluding carboxylic acids is 1. The van der Waals surface area contributed by atoms with Gasteiger partial charge in [0.1, 0.15) is 5.02 Å². The minimum atomic E-state index is -0.586. The van der Waals surface area contributed by atoms with E-state index in [9.17, 15) is 14.9 Å². The van der Waals surface area contributed by atoms with Gasteiger partial charge in [-0.15, -0.1) is 0 Å². The molecule has 0 fully saturated rings. The molecule has 0 aliphatic carbocycles. The number of nitrogens with zero attached hydrogens (tertiary/aromatic N) is 1. The standard InChI is InChI=1S/C14H9Cl3N2O3/c1-7-4-13(19(21)22)11(17)6-12(7)18-14(20)9-3-2-8(15)5-10(9)16/h2-6H,1H3,(H,18,20). The number of halogens is 3. The summed E-state index contributed by atoms with van der Waals surface area (Å²) < 4.78 is 0. The van der Waals surface area contributed by atoms with Gasteiger partial charge in [-0.3, -0.25) is 14.9 Å². The monoisotopic (exact) mass is 358 g/mol. The van der Waals surface area contributed by atoms with Crippen LogP contribution < -0.4 is 5.32 Å². The Kier molecular flexibility index (Phi) is 4.90. The predicted molar refractivity (Wildman–Crippen MR) is 87.3 cm³/mol. The van der Waals surface area contributed by atoms with Gasteiger partial charge in [-0.25, -0.2) is 0 Å². The Morgan fingerprint density at radius 1 is 1.14 bits per heavy atom. The summed E-state index contributed by atoms with van der Waals surface area (Å²) in [4.78, 5) is 22.4. The Bertz CT molecular complexity index is 778. The molecule has 2 rings (SSSR count). The Morgan fingerprint density at radius 2 is 1.82 bits per heavy atom. The molecule has 0 unspecified atom stereocenters. The lowest BCUT2D eigenvalue weighted by Gasteiger charge is -2.10. The number of nitro benzene ring substituents is 1. The number of nitrogens with one attached hydrogen (secondary N) is 1. The highest BCUT2D eigenvalue weighted by Crippen LogP contribution is 2.31. The van der Waals surface area contributed by atoms with Crippen LogP contribution in [0.2, 0.25) is 15.1 Å². The fourth-order valence-corrected chi connectivity index (χ4v) is 2.53. The topological polar surface area (TPSA) is 72.2 Å². The molecule has 0 heterocycles. The van der Waals surface area contributed by atoms with Crippen LogP contribution in [0.1, 0.15) is 15.9 Å². The molecule has 2 aromatic rings. The van der Waals surface area contributed by atoms with Crippen molar-refractivity contribution in [2.24, 2.45) is 0 Å². The van der Waals surface area contributed by atoms with Crippen molar-refractivity contribution in [2.45, 2.75) is 6.92 Å². The van der Waals surface area contributed by atoms with E-state index in [-0.39, 0.29) is 21.3 Å². The number of amides is 1. The lowest BCUT2D eigenvalue weighted by molar-refractivity contribution is -0.384. The smallest absolute Gasteiger partial charge is 0.288 e. The van der Waals surface area contributed by atoms with E-state index in [1.165, 1.54) is 30.3 Å². The molecule has 0 spiro atoms. The first-order valence-electron chi connectivity index (χ1n) is 6.00. The second-order valence-corrected chi connectivity index (χ2v) is 5.70. The van der Waals surface area contributed by atoms with Crippen LogP contribution in [0.3, 0.4) is 0 Å². The third kappa shape index (κ3) is 3.50. The third-order valence-corrected chi connectivity index (χ3v) is 3.77. The summed E-state index contributed by atoms with van der Waals surface area (Å²) in [6.07, 6.45) is 0. The van der Waals surface area contributed by atoms with E-state index in [0.29, 0.717) is 16.3 Å². The van der Waals surface area contributed by atoms with Gasteiger partial charge in [0.2, 0.25) is 0 Å². The summed E-state index contributed by atoms with van der Waals surface area (Å²) in [6, 6.07) is 7.10. The molecule has 2 aromatic carbocycles. The number of anilines is 1. The van der Waals surface area contributed by atoms with Gasteiger partial charge in [0.15, 0.2) is 0 Å². The highest BCUT2D eigenvalue weighted by molar-refractivity contribution is 6.37. The van der Waals surface area contributed by atoms with Crippen molar-refractivity contribution in [2.75, 3.05) is 5.32 Å². The SMILES string of the molecule is Cc1cc([N+](=O)[O-])c(Cl)cc1NC(=O)c1ccc(Cl)cc1Cl. The molecule has 114 valence electrons. The molecular weight excluding hydrogens is 351 g/mol. The molecule has 5 nitrogen and oxygen atoms in total. The molecule has 0 atom stereocenters. The highest BCUT2D eigenvalue weighted by Gasteiger charge is 2.17. The Labute approximate surface area is 140 Å². The van der Waals surface area contributed by atoms with Crippen LogP contribution in [0.4, 0.5) is 11.4 Å². The van der Waals surface area contributed by atoms with Crippen LogP contribution in [0.25, 0.3) is 0 Å². The molecule has 22 heavy (non-hydrogen) atoms. The lowest BCUT2D eigenvalue weighted by Crippen LogP contribution is -2.13. The zero-order valence-electron chi connectivity index (χ0n) is 11.2. The first kappa shape index (κ1) is 16.5. The largest absolute Gasteiger partial charge is 0.322 e. The van der Waals surface area contributed by atoms with Crippen LogP contribution in [0, 0.1) is 17.0 Å². The molecule has 0 aliphatic heterocycles. The van der Waals surface area contributed by atoms with Gasteiger partial charge < -0.3 is 5.32 Å². The van der Waals surface area contributed by atoms with Crippen LogP contribution in [0.5, 0.6) is 0 Å². The van der Waals surface area contributed by atoms with E-state index in [2.05, 4.69) is 5.32 Å². The summed E-state index contributed by atoms with van der Waals surface area (Å²) >= 11 is 17.6. The van der Waals surface area contributed by atoms with E-state index in [0.717, 1.165) is 0 Å². The van der Waals surface area contributed by atoms with Crippen molar-refractivity contribution in [3.63, 3.8) is 0 Å². The Morgan fingerprint density at radius 3 is 2.41 bits per heavy atom. The molecule has 0 aliphatic rings. The van der Waals surface area contributed by atoms with E-state index >= 15 is 0 Å². The molecule has 0 aromatic heterocycles. The molecular formula is C14H9Cl3N2O3. The third-order valence-electron chi connectivity index (χ3n) is 2.91. The first-order valence-corrected chi connectivity index (χ1v) is 7.14. The summed E-state index contributed by atoms with van der Waals surface area (Å²) in [5.41, 5.74) is 0.891. The Balaban J connectivity index is 2.32. The fourth-order valence-electron chi connectivity index (χ4n) is 1.80. The molecule has 1 N–H and O–H groups in total. The maximum Gasteiger partial charge on any atom is 0.288 e.